The van der Waals surface area contributed by atoms with Crippen LogP contribution in [-0.4, -0.2) is 23.4 Å². The van der Waals surface area contributed by atoms with Gasteiger partial charge in [-0.2, -0.15) is 0 Å². The van der Waals surface area contributed by atoms with Gasteiger partial charge in [-0.3, -0.25) is 4.79 Å². The summed E-state index contributed by atoms with van der Waals surface area (Å²) in [5, 5.41) is 12.3. The van der Waals surface area contributed by atoms with E-state index in [0.717, 1.165) is 16.1 Å². The van der Waals surface area contributed by atoms with Crippen LogP contribution in [0.4, 0.5) is 5.69 Å². The number of benzene rings is 1. The van der Waals surface area contributed by atoms with Gasteiger partial charge in [-0.05, 0) is 23.6 Å². The molecule has 0 fully saturated rings. The Morgan fingerprint density at radius 1 is 1.47 bits per heavy atom. The Bertz CT molecular complexity index is 431. The summed E-state index contributed by atoms with van der Waals surface area (Å²) in [4.78, 5) is 12.3. The number of amides is 1. The van der Waals surface area contributed by atoms with Gasteiger partial charge in [-0.25, -0.2) is 0 Å². The fraction of sp³-hybridized carbons (Fsp3) is 0.462. The predicted molar refractivity (Wildman–Crippen MR) is 70.5 cm³/mol. The molecule has 0 aromatic heterocycles. The number of aliphatic hydroxyl groups is 1. The summed E-state index contributed by atoms with van der Waals surface area (Å²) in [6.45, 7) is 4.37. The van der Waals surface area contributed by atoms with E-state index in [1.165, 1.54) is 0 Å². The number of carbonyl (C=O) groups excluding carboxylic acids is 1. The van der Waals surface area contributed by atoms with Crippen LogP contribution in [0.15, 0.2) is 23.1 Å². The van der Waals surface area contributed by atoms with E-state index in [1.54, 1.807) is 11.8 Å². The van der Waals surface area contributed by atoms with Crippen LogP contribution < -0.4 is 5.32 Å². The van der Waals surface area contributed by atoms with Gasteiger partial charge in [0.25, 0.3) is 0 Å². The Kier molecular flexibility index (Phi) is 3.74. The SMILES string of the molecule is CC(C)C(CO)c1ccc2c(c1)SCC(=O)N2. The van der Waals surface area contributed by atoms with E-state index in [0.29, 0.717) is 11.7 Å². The molecule has 4 heteroatoms. The molecule has 1 atom stereocenters. The van der Waals surface area contributed by atoms with Gasteiger partial charge in [0.15, 0.2) is 0 Å². The number of fused-ring (bicyclic) bond motifs is 1. The molecular weight excluding hydrogens is 234 g/mol. The minimum absolute atomic E-state index is 0.0535. The van der Waals surface area contributed by atoms with Gasteiger partial charge in [-0.1, -0.05) is 19.9 Å². The molecule has 1 amide bonds. The first-order valence-corrected chi connectivity index (χ1v) is 6.78. The molecular formula is C13H17NO2S. The van der Waals surface area contributed by atoms with E-state index in [-0.39, 0.29) is 18.4 Å². The van der Waals surface area contributed by atoms with E-state index < -0.39 is 0 Å². The smallest absolute Gasteiger partial charge is 0.234 e. The minimum Gasteiger partial charge on any atom is -0.396 e. The predicted octanol–water partition coefficient (Wildman–Crippen LogP) is 2.46. The zero-order valence-electron chi connectivity index (χ0n) is 10.1. The Hall–Kier alpha value is -1.00. The van der Waals surface area contributed by atoms with E-state index in [4.69, 9.17) is 0 Å². The second-order valence-electron chi connectivity index (χ2n) is 4.63. The van der Waals surface area contributed by atoms with Crippen molar-refractivity contribution >= 4 is 23.4 Å². The Labute approximate surface area is 106 Å². The lowest BCUT2D eigenvalue weighted by atomic mass is 9.89. The summed E-state index contributed by atoms with van der Waals surface area (Å²) in [5.74, 6) is 1.10. The van der Waals surface area contributed by atoms with Gasteiger partial charge >= 0.3 is 0 Å². The molecule has 0 aliphatic carbocycles. The van der Waals surface area contributed by atoms with Crippen LogP contribution in [0, 0.1) is 5.92 Å². The third-order valence-electron chi connectivity index (χ3n) is 3.07. The van der Waals surface area contributed by atoms with Gasteiger partial charge in [0.1, 0.15) is 0 Å². The van der Waals surface area contributed by atoms with Crippen molar-refractivity contribution in [1.29, 1.82) is 0 Å². The van der Waals surface area contributed by atoms with Crippen LogP contribution in [0.2, 0.25) is 0 Å². The molecule has 1 aliphatic heterocycles. The summed E-state index contributed by atoms with van der Waals surface area (Å²) in [6.07, 6.45) is 0. The van der Waals surface area contributed by atoms with Gasteiger partial charge in [0.2, 0.25) is 5.91 Å². The molecule has 92 valence electrons. The van der Waals surface area contributed by atoms with Gasteiger partial charge < -0.3 is 10.4 Å². The number of aliphatic hydroxyl groups excluding tert-OH is 1. The van der Waals surface area contributed by atoms with Crippen molar-refractivity contribution in [3.63, 3.8) is 0 Å². The number of thioether (sulfide) groups is 1. The fourth-order valence-corrected chi connectivity index (χ4v) is 2.88. The maximum atomic E-state index is 11.2. The lowest BCUT2D eigenvalue weighted by molar-refractivity contribution is -0.113. The Morgan fingerprint density at radius 3 is 2.88 bits per heavy atom. The molecule has 0 spiro atoms. The van der Waals surface area contributed by atoms with Gasteiger partial charge in [-0.15, -0.1) is 11.8 Å². The highest BCUT2D eigenvalue weighted by molar-refractivity contribution is 8.00. The van der Waals surface area contributed by atoms with Crippen molar-refractivity contribution < 1.29 is 9.90 Å². The molecule has 2 rings (SSSR count). The molecule has 1 unspecified atom stereocenters. The van der Waals surface area contributed by atoms with Crippen LogP contribution in [0.25, 0.3) is 0 Å². The first kappa shape index (κ1) is 12.5. The quantitative estimate of drug-likeness (QED) is 0.867. The van der Waals surface area contributed by atoms with Crippen LogP contribution in [0.5, 0.6) is 0 Å². The lowest BCUT2D eigenvalue weighted by Crippen LogP contribution is -2.19. The van der Waals surface area contributed by atoms with Crippen LogP contribution in [0.1, 0.15) is 25.3 Å². The van der Waals surface area contributed by atoms with Gasteiger partial charge in [0.05, 0.1) is 18.0 Å². The second kappa shape index (κ2) is 5.10. The average Bonchev–Trinajstić information content (AvgIpc) is 2.29. The zero-order valence-corrected chi connectivity index (χ0v) is 10.9. The molecule has 0 saturated carbocycles. The first-order chi connectivity index (χ1) is 8.11. The third-order valence-corrected chi connectivity index (χ3v) is 4.12. The maximum Gasteiger partial charge on any atom is 0.234 e. The van der Waals surface area contributed by atoms with Gasteiger partial charge in [0, 0.05) is 10.8 Å². The molecule has 1 heterocycles. The standard InChI is InChI=1S/C13H17NO2S/c1-8(2)10(6-15)9-3-4-11-12(5-9)17-7-13(16)14-11/h3-5,8,10,15H,6-7H2,1-2H3,(H,14,16). The summed E-state index contributed by atoms with van der Waals surface area (Å²) in [6, 6.07) is 6.01. The fourth-order valence-electron chi connectivity index (χ4n) is 2.02. The van der Waals surface area contributed by atoms with Crippen molar-refractivity contribution in [2.75, 3.05) is 17.7 Å². The molecule has 0 saturated heterocycles. The van der Waals surface area contributed by atoms with Crippen molar-refractivity contribution in [3.05, 3.63) is 23.8 Å². The Balaban J connectivity index is 2.30. The topological polar surface area (TPSA) is 49.3 Å². The van der Waals surface area contributed by atoms with Crippen LogP contribution >= 0.6 is 11.8 Å². The molecule has 17 heavy (non-hydrogen) atoms. The van der Waals surface area contributed by atoms with Crippen molar-refractivity contribution in [2.45, 2.75) is 24.7 Å². The highest BCUT2D eigenvalue weighted by Crippen LogP contribution is 2.35. The zero-order chi connectivity index (χ0) is 12.4. The van der Waals surface area contributed by atoms with E-state index in [9.17, 15) is 9.90 Å². The number of rotatable bonds is 3. The number of nitrogens with one attached hydrogen (secondary N) is 1. The Morgan fingerprint density at radius 2 is 2.24 bits per heavy atom. The highest BCUT2D eigenvalue weighted by atomic mass is 32.2. The molecule has 1 aliphatic rings. The number of hydrogen-bond acceptors (Lipinski definition) is 3. The van der Waals surface area contributed by atoms with Crippen LogP contribution in [-0.2, 0) is 4.79 Å². The molecule has 0 bridgehead atoms. The van der Waals surface area contributed by atoms with E-state index >= 15 is 0 Å². The molecule has 1 aromatic carbocycles. The number of anilines is 1. The second-order valence-corrected chi connectivity index (χ2v) is 5.64. The normalized spacial score (nSPS) is 16.6. The lowest BCUT2D eigenvalue weighted by Gasteiger charge is -2.22. The summed E-state index contributed by atoms with van der Waals surface area (Å²) in [5.41, 5.74) is 2.03. The summed E-state index contributed by atoms with van der Waals surface area (Å²) >= 11 is 1.56. The number of hydrogen-bond donors (Lipinski definition) is 2. The summed E-state index contributed by atoms with van der Waals surface area (Å²) in [7, 11) is 0. The molecule has 1 aromatic rings. The average molecular weight is 251 g/mol. The molecule has 0 radical (unpaired) electrons. The largest absolute Gasteiger partial charge is 0.396 e. The minimum atomic E-state index is 0.0535. The monoisotopic (exact) mass is 251 g/mol. The summed E-state index contributed by atoms with van der Waals surface area (Å²) < 4.78 is 0. The van der Waals surface area contributed by atoms with E-state index in [2.05, 4.69) is 25.2 Å². The first-order valence-electron chi connectivity index (χ1n) is 5.79. The number of carbonyl (C=O) groups is 1. The van der Waals surface area contributed by atoms with Crippen molar-refractivity contribution in [1.82, 2.24) is 0 Å². The highest BCUT2D eigenvalue weighted by Gasteiger charge is 2.19. The van der Waals surface area contributed by atoms with Crippen LogP contribution in [0.3, 0.4) is 0 Å². The maximum absolute atomic E-state index is 11.2. The molecule has 2 N–H and O–H groups in total. The van der Waals surface area contributed by atoms with E-state index in [1.807, 2.05) is 12.1 Å². The van der Waals surface area contributed by atoms with Crippen molar-refractivity contribution in [3.8, 4) is 0 Å². The third kappa shape index (κ3) is 2.64. The van der Waals surface area contributed by atoms with Crippen molar-refractivity contribution in [2.24, 2.45) is 5.92 Å². The molecule has 3 nitrogen and oxygen atoms in total.